The molecule has 0 spiro atoms. The van der Waals surface area contributed by atoms with Gasteiger partial charge in [0.25, 0.3) is 0 Å². The van der Waals surface area contributed by atoms with E-state index in [0.717, 1.165) is 17.7 Å². The maximum atomic E-state index is 13.2. The van der Waals surface area contributed by atoms with Gasteiger partial charge in [-0.05, 0) is 43.0 Å². The zero-order valence-corrected chi connectivity index (χ0v) is 20.2. The van der Waals surface area contributed by atoms with Gasteiger partial charge in [-0.2, -0.15) is 11.8 Å². The highest BCUT2D eigenvalue weighted by Gasteiger charge is 2.28. The van der Waals surface area contributed by atoms with Crippen molar-refractivity contribution in [3.63, 3.8) is 0 Å². The largest absolute Gasteiger partial charge is 0.352 e. The number of hydrogen-bond acceptors (Lipinski definition) is 3. The number of amides is 2. The van der Waals surface area contributed by atoms with Crippen molar-refractivity contribution in [2.45, 2.75) is 64.4 Å². The zero-order valence-electron chi connectivity index (χ0n) is 18.6. The van der Waals surface area contributed by atoms with Crippen LogP contribution >= 0.6 is 23.4 Å². The Balaban J connectivity index is 2.06. The molecule has 2 aromatic carbocycles. The van der Waals surface area contributed by atoms with Crippen LogP contribution in [-0.4, -0.2) is 34.6 Å². The minimum Gasteiger partial charge on any atom is -0.352 e. The first-order valence-electron chi connectivity index (χ1n) is 10.9. The van der Waals surface area contributed by atoms with E-state index in [9.17, 15) is 9.59 Å². The second-order valence-corrected chi connectivity index (χ2v) is 9.22. The van der Waals surface area contributed by atoms with Crippen molar-refractivity contribution < 1.29 is 9.59 Å². The Morgan fingerprint density at radius 1 is 1.00 bits per heavy atom. The van der Waals surface area contributed by atoms with E-state index < -0.39 is 6.04 Å². The molecule has 0 aliphatic heterocycles. The first-order valence-corrected chi connectivity index (χ1v) is 12.4. The Morgan fingerprint density at radius 2 is 1.68 bits per heavy atom. The minimum atomic E-state index is -0.490. The van der Waals surface area contributed by atoms with Crippen molar-refractivity contribution in [1.29, 1.82) is 0 Å². The van der Waals surface area contributed by atoms with Gasteiger partial charge in [-0.25, -0.2) is 0 Å². The maximum absolute atomic E-state index is 13.2. The molecule has 0 aliphatic rings. The Morgan fingerprint density at radius 3 is 2.29 bits per heavy atom. The number of carbonyl (C=O) groups excluding carboxylic acids is 2. The molecule has 0 radical (unpaired) electrons. The van der Waals surface area contributed by atoms with Gasteiger partial charge >= 0.3 is 0 Å². The second kappa shape index (κ2) is 13.4. The quantitative estimate of drug-likeness (QED) is 0.414. The number of nitrogens with zero attached hydrogens (tertiary/aromatic N) is 1. The molecule has 2 atom stereocenters. The molecule has 0 saturated heterocycles. The van der Waals surface area contributed by atoms with Crippen LogP contribution in [0.4, 0.5) is 0 Å². The summed E-state index contributed by atoms with van der Waals surface area (Å²) >= 11 is 7.75. The lowest BCUT2D eigenvalue weighted by atomic mass is 10.1. The molecular formula is C25H33ClN2O2S. The van der Waals surface area contributed by atoms with Crippen LogP contribution in [0.25, 0.3) is 0 Å². The van der Waals surface area contributed by atoms with Gasteiger partial charge < -0.3 is 10.2 Å². The summed E-state index contributed by atoms with van der Waals surface area (Å²) in [5.41, 5.74) is 2.21. The van der Waals surface area contributed by atoms with Crippen molar-refractivity contribution in [3.05, 3.63) is 70.7 Å². The third-order valence-corrected chi connectivity index (χ3v) is 6.51. The average molecular weight is 461 g/mol. The van der Waals surface area contributed by atoms with Gasteiger partial charge in [0.05, 0.1) is 0 Å². The van der Waals surface area contributed by atoms with Crippen molar-refractivity contribution >= 4 is 35.2 Å². The lowest BCUT2D eigenvalue weighted by molar-refractivity contribution is -0.141. The van der Waals surface area contributed by atoms with Crippen molar-refractivity contribution in [2.75, 3.05) is 5.75 Å². The summed E-state index contributed by atoms with van der Waals surface area (Å²) in [6.07, 6.45) is 1.82. The number of carbonyl (C=O) groups is 2. The fraction of sp³-hybridized carbons (Fsp3) is 0.440. The van der Waals surface area contributed by atoms with Crippen LogP contribution in [0, 0.1) is 0 Å². The van der Waals surface area contributed by atoms with Crippen LogP contribution in [-0.2, 0) is 21.9 Å². The highest BCUT2D eigenvalue weighted by Crippen LogP contribution is 2.18. The average Bonchev–Trinajstić information content (AvgIpc) is 2.78. The molecular weight excluding hydrogens is 428 g/mol. The number of rotatable bonds is 12. The van der Waals surface area contributed by atoms with Crippen molar-refractivity contribution in [2.24, 2.45) is 0 Å². The second-order valence-electron chi connectivity index (χ2n) is 7.68. The normalized spacial score (nSPS) is 12.8. The monoisotopic (exact) mass is 460 g/mol. The molecule has 168 valence electrons. The predicted molar refractivity (Wildman–Crippen MR) is 131 cm³/mol. The first kappa shape index (κ1) is 25.3. The Hall–Kier alpha value is -1.98. The summed E-state index contributed by atoms with van der Waals surface area (Å²) in [5, 5.41) is 3.69. The molecule has 2 unspecified atom stereocenters. The van der Waals surface area contributed by atoms with E-state index >= 15 is 0 Å². The van der Waals surface area contributed by atoms with Crippen LogP contribution < -0.4 is 5.32 Å². The van der Waals surface area contributed by atoms with Gasteiger partial charge in [0, 0.05) is 35.5 Å². The summed E-state index contributed by atoms with van der Waals surface area (Å²) < 4.78 is 0. The molecule has 0 bridgehead atoms. The van der Waals surface area contributed by atoms with E-state index in [1.54, 1.807) is 16.7 Å². The molecule has 6 heteroatoms. The van der Waals surface area contributed by atoms with Gasteiger partial charge in [0.1, 0.15) is 6.04 Å². The SMILES string of the molecule is CCC(C)NC(=O)C(CC)N(Cc1ccc(Cl)cc1)C(=O)CCSCc1ccccc1. The molecule has 0 fully saturated rings. The molecule has 2 amide bonds. The first-order chi connectivity index (χ1) is 14.9. The van der Waals surface area contributed by atoms with Crippen LogP contribution in [0.3, 0.4) is 0 Å². The van der Waals surface area contributed by atoms with Crippen LogP contribution in [0.1, 0.15) is 51.2 Å². The number of nitrogens with one attached hydrogen (secondary N) is 1. The van der Waals surface area contributed by atoms with Gasteiger partial charge in [0.15, 0.2) is 0 Å². The number of benzene rings is 2. The minimum absolute atomic E-state index is 0.00154. The van der Waals surface area contributed by atoms with Crippen LogP contribution in [0.2, 0.25) is 5.02 Å². The van der Waals surface area contributed by atoms with Crippen LogP contribution in [0.5, 0.6) is 0 Å². The van der Waals surface area contributed by atoms with E-state index in [-0.39, 0.29) is 17.9 Å². The fourth-order valence-electron chi connectivity index (χ4n) is 3.21. The van der Waals surface area contributed by atoms with Crippen molar-refractivity contribution in [1.82, 2.24) is 10.2 Å². The van der Waals surface area contributed by atoms with Crippen LogP contribution in [0.15, 0.2) is 54.6 Å². The van der Waals surface area contributed by atoms with Gasteiger partial charge in [0.2, 0.25) is 11.8 Å². The highest BCUT2D eigenvalue weighted by molar-refractivity contribution is 7.98. The maximum Gasteiger partial charge on any atom is 0.243 e. The Bertz CT molecular complexity index is 814. The van der Waals surface area contributed by atoms with E-state index in [4.69, 9.17) is 11.6 Å². The summed E-state index contributed by atoms with van der Waals surface area (Å²) in [7, 11) is 0. The van der Waals surface area contributed by atoms with Gasteiger partial charge in [-0.15, -0.1) is 0 Å². The molecule has 0 aliphatic carbocycles. The number of thioether (sulfide) groups is 1. The summed E-state index contributed by atoms with van der Waals surface area (Å²) in [4.78, 5) is 27.8. The number of halogens is 1. The lowest BCUT2D eigenvalue weighted by Crippen LogP contribution is -2.50. The molecule has 0 heterocycles. The molecule has 2 aromatic rings. The molecule has 0 aromatic heterocycles. The highest BCUT2D eigenvalue weighted by atomic mass is 35.5. The third kappa shape index (κ3) is 8.58. The summed E-state index contributed by atoms with van der Waals surface area (Å²) in [6, 6.07) is 17.3. The third-order valence-electron chi connectivity index (χ3n) is 5.22. The Labute approximate surface area is 195 Å². The predicted octanol–water partition coefficient (Wildman–Crippen LogP) is 5.69. The fourth-order valence-corrected chi connectivity index (χ4v) is 4.23. The molecule has 31 heavy (non-hydrogen) atoms. The summed E-state index contributed by atoms with van der Waals surface area (Å²) in [6.45, 7) is 6.36. The van der Waals surface area contributed by atoms with E-state index in [0.29, 0.717) is 30.2 Å². The summed E-state index contributed by atoms with van der Waals surface area (Å²) in [5.74, 6) is 1.50. The number of hydrogen-bond donors (Lipinski definition) is 1. The molecule has 2 rings (SSSR count). The molecule has 4 nitrogen and oxygen atoms in total. The van der Waals surface area contributed by atoms with Crippen molar-refractivity contribution in [3.8, 4) is 0 Å². The van der Waals surface area contributed by atoms with E-state index in [1.807, 2.05) is 63.2 Å². The topological polar surface area (TPSA) is 49.4 Å². The smallest absolute Gasteiger partial charge is 0.243 e. The standard InChI is InChI=1S/C25H33ClN2O2S/c1-4-19(3)27-25(30)23(5-2)28(17-20-11-13-22(26)14-12-20)24(29)15-16-31-18-21-9-7-6-8-10-21/h6-14,19,23H,4-5,15-18H2,1-3H3,(H,27,30). The van der Waals surface area contributed by atoms with E-state index in [1.165, 1.54) is 5.56 Å². The molecule has 0 saturated carbocycles. The van der Waals surface area contributed by atoms with E-state index in [2.05, 4.69) is 17.4 Å². The molecule has 1 N–H and O–H groups in total. The zero-order chi connectivity index (χ0) is 22.6. The van der Waals surface area contributed by atoms with Gasteiger partial charge in [-0.1, -0.05) is 67.9 Å². The Kier molecular flexibility index (Phi) is 11.0. The lowest BCUT2D eigenvalue weighted by Gasteiger charge is -2.31. The van der Waals surface area contributed by atoms with Gasteiger partial charge in [-0.3, -0.25) is 9.59 Å².